The number of anilines is 1. The second-order valence-electron chi connectivity index (χ2n) is 9.25. The Balaban J connectivity index is 1.73. The summed E-state index contributed by atoms with van der Waals surface area (Å²) >= 11 is 1.65. The van der Waals surface area contributed by atoms with Crippen LogP contribution in [0, 0.1) is 11.8 Å². The summed E-state index contributed by atoms with van der Waals surface area (Å²) in [5.74, 6) is 1.54. The van der Waals surface area contributed by atoms with Crippen LogP contribution in [0.2, 0.25) is 0 Å². The third kappa shape index (κ3) is 4.51. The van der Waals surface area contributed by atoms with E-state index >= 15 is 0 Å². The van der Waals surface area contributed by atoms with Crippen molar-refractivity contribution in [2.45, 2.75) is 70.8 Å². The van der Waals surface area contributed by atoms with Gasteiger partial charge in [0.05, 0.1) is 10.6 Å². The van der Waals surface area contributed by atoms with Crippen LogP contribution in [0.4, 0.5) is 5.69 Å². The zero-order chi connectivity index (χ0) is 21.1. The van der Waals surface area contributed by atoms with Crippen molar-refractivity contribution in [2.24, 2.45) is 11.8 Å². The van der Waals surface area contributed by atoms with Gasteiger partial charge >= 0.3 is 0 Å². The number of thiophene rings is 1. The molecule has 2 aliphatic rings. The molecule has 1 heterocycles. The molecule has 2 fully saturated rings. The molecule has 3 heteroatoms. The molecule has 0 amide bonds. The maximum Gasteiger partial charge on any atom is 0.127 e. The molecule has 30 heavy (non-hydrogen) atoms. The van der Waals surface area contributed by atoms with Gasteiger partial charge in [-0.25, -0.2) is 0 Å². The average molecular weight is 422 g/mol. The molecule has 1 aromatic carbocycles. The minimum atomic E-state index is 0.169. The molecular weight excluding hydrogens is 386 g/mol. The second-order valence-corrected chi connectivity index (χ2v) is 10.3. The third-order valence-corrected chi connectivity index (χ3v) is 8.25. The van der Waals surface area contributed by atoms with Crippen molar-refractivity contribution in [3.63, 3.8) is 0 Å². The van der Waals surface area contributed by atoms with E-state index in [-0.39, 0.29) is 5.76 Å². The number of allylic oxidation sites excluding steroid dienone is 1. The summed E-state index contributed by atoms with van der Waals surface area (Å²) < 4.78 is 0. The first-order valence-electron chi connectivity index (χ1n) is 11.6. The summed E-state index contributed by atoms with van der Waals surface area (Å²) in [5, 5.41) is 10.5. The molecule has 0 aliphatic heterocycles. The van der Waals surface area contributed by atoms with Crippen molar-refractivity contribution in [3.8, 4) is 10.4 Å². The van der Waals surface area contributed by atoms with Crippen LogP contribution >= 0.6 is 11.3 Å². The minimum Gasteiger partial charge on any atom is -0.507 e. The smallest absolute Gasteiger partial charge is 0.127 e. The highest BCUT2D eigenvalue weighted by atomic mass is 32.1. The number of hydrogen-bond donors (Lipinski definition) is 1. The standard InChI is InChI=1S/C27H35NOS/c1-19-14-16-22(17-15-19)20(2)28(24-12-8-5-9-13-24)25-18-26(30-27(25)21(3)29)23-10-6-4-7-11-23/h4,6-7,10-11,18-19,22,24,29H,2-3,5,8-9,12-17H2,1H3. The summed E-state index contributed by atoms with van der Waals surface area (Å²) in [7, 11) is 0. The van der Waals surface area contributed by atoms with Crippen LogP contribution in [0.1, 0.15) is 69.6 Å². The molecule has 0 spiro atoms. The van der Waals surface area contributed by atoms with Crippen LogP contribution < -0.4 is 4.90 Å². The highest BCUT2D eigenvalue weighted by Gasteiger charge is 2.32. The van der Waals surface area contributed by atoms with Gasteiger partial charge < -0.3 is 10.0 Å². The number of hydrogen-bond acceptors (Lipinski definition) is 3. The van der Waals surface area contributed by atoms with Crippen molar-refractivity contribution in [1.29, 1.82) is 0 Å². The highest BCUT2D eigenvalue weighted by molar-refractivity contribution is 7.17. The van der Waals surface area contributed by atoms with E-state index in [4.69, 9.17) is 0 Å². The Kier molecular flexibility index (Phi) is 6.67. The van der Waals surface area contributed by atoms with Gasteiger partial charge in [0.15, 0.2) is 0 Å². The van der Waals surface area contributed by atoms with E-state index in [1.165, 1.54) is 73.9 Å². The zero-order valence-corrected chi connectivity index (χ0v) is 19.1. The predicted octanol–water partition coefficient (Wildman–Crippen LogP) is 8.42. The van der Waals surface area contributed by atoms with E-state index < -0.39 is 0 Å². The molecule has 0 atom stereocenters. The van der Waals surface area contributed by atoms with Crippen LogP contribution in [-0.4, -0.2) is 11.1 Å². The number of benzene rings is 1. The van der Waals surface area contributed by atoms with Crippen LogP contribution in [0.15, 0.2) is 55.3 Å². The van der Waals surface area contributed by atoms with Gasteiger partial charge in [0, 0.05) is 16.6 Å². The van der Waals surface area contributed by atoms with Gasteiger partial charge in [-0.3, -0.25) is 0 Å². The average Bonchev–Trinajstić information content (AvgIpc) is 3.21. The molecule has 2 aromatic rings. The molecule has 1 aromatic heterocycles. The predicted molar refractivity (Wildman–Crippen MR) is 131 cm³/mol. The Morgan fingerprint density at radius 3 is 2.27 bits per heavy atom. The topological polar surface area (TPSA) is 23.5 Å². The number of aliphatic hydroxyl groups is 1. The Morgan fingerprint density at radius 1 is 0.967 bits per heavy atom. The molecule has 0 unspecified atom stereocenters. The van der Waals surface area contributed by atoms with E-state index in [0.29, 0.717) is 12.0 Å². The molecular formula is C27H35NOS. The Hall–Kier alpha value is -2.00. The number of rotatable bonds is 6. The molecule has 0 saturated heterocycles. The lowest BCUT2D eigenvalue weighted by molar-refractivity contribution is 0.309. The lowest BCUT2D eigenvalue weighted by atomic mass is 9.80. The summed E-state index contributed by atoms with van der Waals surface area (Å²) in [6, 6.07) is 13.2. The van der Waals surface area contributed by atoms with Crippen LogP contribution in [0.25, 0.3) is 16.2 Å². The summed E-state index contributed by atoms with van der Waals surface area (Å²) in [6.45, 7) is 10.9. The Labute approximate surface area is 185 Å². The van der Waals surface area contributed by atoms with Crippen molar-refractivity contribution in [2.75, 3.05) is 4.90 Å². The van der Waals surface area contributed by atoms with E-state index in [9.17, 15) is 5.11 Å². The van der Waals surface area contributed by atoms with Crippen LogP contribution in [0.5, 0.6) is 0 Å². The molecule has 1 N–H and O–H groups in total. The van der Waals surface area contributed by atoms with E-state index in [1.807, 2.05) is 6.07 Å². The summed E-state index contributed by atoms with van der Waals surface area (Å²) in [6.07, 6.45) is 11.3. The van der Waals surface area contributed by atoms with Crippen LogP contribution in [-0.2, 0) is 0 Å². The quantitative estimate of drug-likeness (QED) is 0.473. The maximum atomic E-state index is 10.5. The van der Waals surface area contributed by atoms with Crippen molar-refractivity contribution in [3.05, 3.63) is 60.1 Å². The van der Waals surface area contributed by atoms with Gasteiger partial charge in [-0.1, -0.05) is 82.5 Å². The molecule has 0 bridgehead atoms. The molecule has 0 radical (unpaired) electrons. The number of nitrogens with zero attached hydrogens (tertiary/aromatic N) is 1. The molecule has 2 saturated carbocycles. The maximum absolute atomic E-state index is 10.5. The highest BCUT2D eigenvalue weighted by Crippen LogP contribution is 2.45. The molecule has 160 valence electrons. The zero-order valence-electron chi connectivity index (χ0n) is 18.3. The van der Waals surface area contributed by atoms with E-state index in [0.717, 1.165) is 16.5 Å². The fraction of sp³-hybridized carbons (Fsp3) is 0.481. The monoisotopic (exact) mass is 421 g/mol. The summed E-state index contributed by atoms with van der Waals surface area (Å²) in [5.41, 5.74) is 3.56. The van der Waals surface area contributed by atoms with Crippen molar-refractivity contribution >= 4 is 22.8 Å². The first kappa shape index (κ1) is 21.2. The first-order valence-corrected chi connectivity index (χ1v) is 12.4. The number of aliphatic hydroxyl groups excluding tert-OH is 1. The lowest BCUT2D eigenvalue weighted by Gasteiger charge is -2.41. The lowest BCUT2D eigenvalue weighted by Crippen LogP contribution is -2.39. The van der Waals surface area contributed by atoms with Gasteiger partial charge in [0.25, 0.3) is 0 Å². The fourth-order valence-electron chi connectivity index (χ4n) is 5.23. The fourth-order valence-corrected chi connectivity index (χ4v) is 6.25. The molecule has 2 nitrogen and oxygen atoms in total. The van der Waals surface area contributed by atoms with Crippen molar-refractivity contribution in [1.82, 2.24) is 0 Å². The SMILES string of the molecule is C=C(O)c1sc(-c2ccccc2)cc1N(C(=C)C1CCC(C)CC1)C1CCCCC1. The van der Waals surface area contributed by atoms with Gasteiger partial charge in [-0.15, -0.1) is 11.3 Å². The molecule has 2 aliphatic carbocycles. The van der Waals surface area contributed by atoms with Gasteiger partial charge in [-0.05, 0) is 49.1 Å². The Bertz CT molecular complexity index is 870. The second kappa shape index (κ2) is 9.43. The van der Waals surface area contributed by atoms with Crippen molar-refractivity contribution < 1.29 is 5.11 Å². The Morgan fingerprint density at radius 2 is 1.63 bits per heavy atom. The van der Waals surface area contributed by atoms with E-state index in [1.54, 1.807) is 11.3 Å². The third-order valence-electron chi connectivity index (χ3n) is 7.03. The summed E-state index contributed by atoms with van der Waals surface area (Å²) in [4.78, 5) is 4.59. The van der Waals surface area contributed by atoms with Gasteiger partial charge in [-0.2, -0.15) is 0 Å². The van der Waals surface area contributed by atoms with E-state index in [2.05, 4.69) is 55.3 Å². The van der Waals surface area contributed by atoms with Gasteiger partial charge in [0.2, 0.25) is 0 Å². The normalized spacial score (nSPS) is 22.6. The van der Waals surface area contributed by atoms with Gasteiger partial charge in [0.1, 0.15) is 5.76 Å². The van der Waals surface area contributed by atoms with Crippen LogP contribution in [0.3, 0.4) is 0 Å². The largest absolute Gasteiger partial charge is 0.507 e. The molecule has 4 rings (SSSR count). The first-order chi connectivity index (χ1) is 14.5. The minimum absolute atomic E-state index is 0.169.